The van der Waals surface area contributed by atoms with Crippen LogP contribution in [0.25, 0.3) is 15.9 Å². The first kappa shape index (κ1) is 21.7. The Kier molecular flexibility index (Phi) is 5.68. The number of hydrogen-bond donors (Lipinski definition) is 1. The van der Waals surface area contributed by atoms with E-state index in [-0.39, 0.29) is 18.0 Å². The molecule has 0 bridgehead atoms. The number of hydrogen-bond acceptors (Lipinski definition) is 4. The fourth-order valence-electron chi connectivity index (χ4n) is 4.33. The van der Waals surface area contributed by atoms with Crippen molar-refractivity contribution in [1.82, 2.24) is 9.13 Å². The monoisotopic (exact) mass is 479 g/mol. The quantitative estimate of drug-likeness (QED) is 0.461. The molecule has 1 amide bonds. The molecule has 8 heteroatoms. The molecule has 33 heavy (non-hydrogen) atoms. The maximum Gasteiger partial charge on any atom is 0.337 e. The van der Waals surface area contributed by atoms with Crippen LogP contribution in [0.5, 0.6) is 0 Å². The molecule has 6 nitrogen and oxygen atoms in total. The Morgan fingerprint density at radius 3 is 2.61 bits per heavy atom. The van der Waals surface area contributed by atoms with Gasteiger partial charge in [0, 0.05) is 15.6 Å². The van der Waals surface area contributed by atoms with E-state index >= 15 is 0 Å². The number of benzene rings is 2. The van der Waals surface area contributed by atoms with E-state index in [9.17, 15) is 14.4 Å². The van der Waals surface area contributed by atoms with Gasteiger partial charge in [0.25, 0.3) is 5.56 Å². The van der Waals surface area contributed by atoms with Crippen LogP contribution >= 0.6 is 22.9 Å². The summed E-state index contributed by atoms with van der Waals surface area (Å²) in [6.07, 6.45) is 3.74. The number of amides is 1. The van der Waals surface area contributed by atoms with Gasteiger partial charge in [0.05, 0.1) is 11.1 Å². The number of thiophene rings is 1. The lowest BCUT2D eigenvalue weighted by atomic mass is 9.97. The van der Waals surface area contributed by atoms with E-state index in [1.807, 2.05) is 31.2 Å². The van der Waals surface area contributed by atoms with Gasteiger partial charge in [-0.3, -0.25) is 14.2 Å². The molecule has 1 aliphatic carbocycles. The highest BCUT2D eigenvalue weighted by atomic mass is 35.5. The first-order valence-electron chi connectivity index (χ1n) is 10.8. The summed E-state index contributed by atoms with van der Waals surface area (Å²) in [6, 6.07) is 14.1. The average Bonchev–Trinajstić information content (AvgIpc) is 3.18. The molecule has 0 aliphatic heterocycles. The predicted molar refractivity (Wildman–Crippen MR) is 133 cm³/mol. The Bertz CT molecular complexity index is 1500. The second-order valence-electron chi connectivity index (χ2n) is 8.29. The minimum atomic E-state index is -0.549. The van der Waals surface area contributed by atoms with Crippen molar-refractivity contribution in [1.29, 1.82) is 0 Å². The number of carbonyl (C=O) groups excluding carboxylic acids is 1. The molecule has 2 aromatic carbocycles. The molecular weight excluding hydrogens is 458 g/mol. The number of carbonyl (C=O) groups is 1. The van der Waals surface area contributed by atoms with Gasteiger partial charge in [-0.15, -0.1) is 11.3 Å². The fourth-order valence-corrected chi connectivity index (χ4v) is 5.89. The lowest BCUT2D eigenvalue weighted by Gasteiger charge is -2.14. The van der Waals surface area contributed by atoms with Gasteiger partial charge in [0.15, 0.2) is 0 Å². The second-order valence-corrected chi connectivity index (χ2v) is 9.81. The topological polar surface area (TPSA) is 73.1 Å². The molecule has 0 radical (unpaired) electrons. The lowest BCUT2D eigenvalue weighted by Crippen LogP contribution is -2.40. The number of nitrogens with one attached hydrogen (secondary N) is 1. The highest BCUT2D eigenvalue weighted by Crippen LogP contribution is 2.34. The molecular formula is C25H22ClN3O3S. The number of fused-ring (bicyclic) bond motifs is 3. The van der Waals surface area contributed by atoms with Crippen LogP contribution in [-0.4, -0.2) is 15.0 Å². The number of anilines is 1. The van der Waals surface area contributed by atoms with Gasteiger partial charge >= 0.3 is 5.69 Å². The standard InChI is InChI=1S/C25H22ClN3O3S/c1-15-9-11-17(12-10-15)27-21(30)14-28-24-22(19-7-2-3-8-20(19)33-24)23(31)29(25(28)32)18-6-4-5-16(26)13-18/h4-6,9-13H,2-3,7-8,14H2,1H3,(H,27,30). The Morgan fingerprint density at radius 1 is 1.09 bits per heavy atom. The molecule has 0 saturated carbocycles. The van der Waals surface area contributed by atoms with Crippen LogP contribution in [0.3, 0.4) is 0 Å². The van der Waals surface area contributed by atoms with Crippen molar-refractivity contribution in [3.63, 3.8) is 0 Å². The third-order valence-corrected chi connectivity index (χ3v) is 7.49. The van der Waals surface area contributed by atoms with Gasteiger partial charge in [-0.1, -0.05) is 35.4 Å². The largest absolute Gasteiger partial charge is 0.337 e. The lowest BCUT2D eigenvalue weighted by molar-refractivity contribution is -0.116. The van der Waals surface area contributed by atoms with Crippen molar-refractivity contribution in [3.8, 4) is 5.69 Å². The van der Waals surface area contributed by atoms with E-state index in [2.05, 4.69) is 5.32 Å². The summed E-state index contributed by atoms with van der Waals surface area (Å²) >= 11 is 7.61. The van der Waals surface area contributed by atoms with E-state index in [0.29, 0.717) is 26.6 Å². The van der Waals surface area contributed by atoms with E-state index in [1.54, 1.807) is 24.3 Å². The van der Waals surface area contributed by atoms with Gasteiger partial charge in [-0.25, -0.2) is 9.36 Å². The van der Waals surface area contributed by atoms with E-state index in [0.717, 1.165) is 46.3 Å². The molecule has 168 valence electrons. The second kappa shape index (κ2) is 8.65. The fraction of sp³-hybridized carbons (Fsp3) is 0.240. The number of aromatic nitrogens is 2. The SMILES string of the molecule is Cc1ccc(NC(=O)Cn2c(=O)n(-c3cccc(Cl)c3)c(=O)c3c4c(sc32)CCCC4)cc1. The van der Waals surface area contributed by atoms with Crippen LogP contribution in [0.4, 0.5) is 5.69 Å². The summed E-state index contributed by atoms with van der Waals surface area (Å²) in [5.74, 6) is -0.329. The Balaban J connectivity index is 1.67. The van der Waals surface area contributed by atoms with Crippen LogP contribution < -0.4 is 16.6 Å². The maximum absolute atomic E-state index is 13.6. The Hall–Kier alpha value is -3.16. The maximum atomic E-state index is 13.6. The van der Waals surface area contributed by atoms with Gasteiger partial charge in [0.1, 0.15) is 11.4 Å². The molecule has 0 unspecified atom stereocenters. The molecule has 0 saturated heterocycles. The zero-order valence-corrected chi connectivity index (χ0v) is 19.6. The number of halogens is 1. The summed E-state index contributed by atoms with van der Waals surface area (Å²) in [4.78, 5) is 41.7. The van der Waals surface area contributed by atoms with Crippen molar-refractivity contribution in [2.24, 2.45) is 0 Å². The molecule has 0 atom stereocenters. The molecule has 2 aromatic heterocycles. The van der Waals surface area contributed by atoms with E-state index < -0.39 is 5.69 Å². The third kappa shape index (κ3) is 4.03. The number of rotatable bonds is 4. The Morgan fingerprint density at radius 2 is 1.85 bits per heavy atom. The molecule has 4 aromatic rings. The van der Waals surface area contributed by atoms with Gasteiger partial charge in [0.2, 0.25) is 5.91 Å². The molecule has 0 spiro atoms. The highest BCUT2D eigenvalue weighted by Gasteiger charge is 2.25. The van der Waals surface area contributed by atoms with Gasteiger partial charge in [-0.2, -0.15) is 0 Å². The third-order valence-electron chi connectivity index (χ3n) is 5.94. The van der Waals surface area contributed by atoms with Crippen molar-refractivity contribution in [3.05, 3.63) is 90.4 Å². The summed E-state index contributed by atoms with van der Waals surface area (Å²) in [7, 11) is 0. The molecule has 2 heterocycles. The van der Waals surface area contributed by atoms with Crippen LogP contribution in [0.15, 0.2) is 58.1 Å². The Labute approximate surface area is 199 Å². The molecule has 0 fully saturated rings. The summed E-state index contributed by atoms with van der Waals surface area (Å²) in [6.45, 7) is 1.78. The minimum absolute atomic E-state index is 0.191. The average molecular weight is 480 g/mol. The van der Waals surface area contributed by atoms with E-state index in [4.69, 9.17) is 11.6 Å². The van der Waals surface area contributed by atoms with Crippen LogP contribution in [0, 0.1) is 6.92 Å². The van der Waals surface area contributed by atoms with Crippen LogP contribution in [0.1, 0.15) is 28.8 Å². The van der Waals surface area contributed by atoms with Crippen molar-refractivity contribution < 1.29 is 4.79 Å². The molecule has 1 N–H and O–H groups in total. The smallest absolute Gasteiger partial charge is 0.325 e. The normalized spacial score (nSPS) is 13.2. The zero-order valence-electron chi connectivity index (χ0n) is 18.1. The zero-order chi connectivity index (χ0) is 23.1. The van der Waals surface area contributed by atoms with Crippen molar-refractivity contribution in [2.45, 2.75) is 39.2 Å². The van der Waals surface area contributed by atoms with Crippen LogP contribution in [0.2, 0.25) is 5.02 Å². The first-order valence-corrected chi connectivity index (χ1v) is 12.0. The van der Waals surface area contributed by atoms with Crippen molar-refractivity contribution >= 4 is 44.7 Å². The highest BCUT2D eigenvalue weighted by molar-refractivity contribution is 7.18. The summed E-state index contributed by atoms with van der Waals surface area (Å²) in [5.41, 5.74) is 2.24. The minimum Gasteiger partial charge on any atom is -0.325 e. The number of nitrogens with zero attached hydrogens (tertiary/aromatic N) is 2. The van der Waals surface area contributed by atoms with E-state index in [1.165, 1.54) is 15.9 Å². The van der Waals surface area contributed by atoms with Crippen molar-refractivity contribution in [2.75, 3.05) is 5.32 Å². The predicted octanol–water partition coefficient (Wildman–Crippen LogP) is 4.69. The molecule has 1 aliphatic rings. The number of aryl methyl sites for hydroxylation is 3. The van der Waals surface area contributed by atoms with Crippen LogP contribution in [-0.2, 0) is 24.2 Å². The first-order chi connectivity index (χ1) is 15.9. The summed E-state index contributed by atoms with van der Waals surface area (Å²) < 4.78 is 2.55. The van der Waals surface area contributed by atoms with Gasteiger partial charge in [-0.05, 0) is 68.5 Å². The molecule has 5 rings (SSSR count). The van der Waals surface area contributed by atoms with Gasteiger partial charge < -0.3 is 5.32 Å². The summed E-state index contributed by atoms with van der Waals surface area (Å²) in [5, 5.41) is 3.82.